The number of aliphatic hydroxyl groups is 1. The SMILES string of the molecule is CCn1nc(C)cc1C(=O)N=c1n(C)c2ccccc2n1C/C(C)=C(\C)Cn1c(=NC(=O)c2cc(C)nn2CC)n(C)c2cc(C(N)=O)cc(OCC(C)(C)O)c21.O=C(O)C(F)(F)F. The lowest BCUT2D eigenvalue weighted by Crippen LogP contribution is -2.29. The van der Waals surface area contributed by atoms with Crippen molar-refractivity contribution in [2.45, 2.75) is 93.3 Å². The molecule has 0 saturated heterocycles. The molecule has 0 aliphatic rings. The van der Waals surface area contributed by atoms with Crippen LogP contribution in [-0.4, -0.2) is 90.1 Å². The number of aromatic nitrogens is 8. The van der Waals surface area contributed by atoms with Gasteiger partial charge in [-0.2, -0.15) is 33.4 Å². The number of amides is 3. The molecule has 0 radical (unpaired) electrons. The van der Waals surface area contributed by atoms with Crippen LogP contribution >= 0.6 is 0 Å². The van der Waals surface area contributed by atoms with Crippen LogP contribution in [0, 0.1) is 13.8 Å². The van der Waals surface area contributed by atoms with Gasteiger partial charge in [0.15, 0.2) is 0 Å². The summed E-state index contributed by atoms with van der Waals surface area (Å²) in [6.45, 7) is 16.3. The molecule has 3 amide bonds. The van der Waals surface area contributed by atoms with Crippen molar-refractivity contribution in [3.8, 4) is 5.75 Å². The summed E-state index contributed by atoms with van der Waals surface area (Å²) in [5.41, 5.74) is 12.5. The second-order valence-electron chi connectivity index (χ2n) is 15.9. The van der Waals surface area contributed by atoms with Crippen LogP contribution in [0.5, 0.6) is 5.75 Å². The molecule has 18 nitrogen and oxygen atoms in total. The molecule has 4 aromatic heterocycles. The minimum Gasteiger partial charge on any atom is -0.488 e. The highest BCUT2D eigenvalue weighted by atomic mass is 19.4. The summed E-state index contributed by atoms with van der Waals surface area (Å²) >= 11 is 0. The molecule has 342 valence electrons. The average molecular weight is 892 g/mol. The summed E-state index contributed by atoms with van der Waals surface area (Å²) in [4.78, 5) is 58.4. The number of hydrogen-bond acceptors (Lipinski definition) is 8. The monoisotopic (exact) mass is 891 g/mol. The number of carboxylic acids is 1. The van der Waals surface area contributed by atoms with Gasteiger partial charge in [-0.05, 0) is 91.8 Å². The zero-order valence-electron chi connectivity index (χ0n) is 37.3. The van der Waals surface area contributed by atoms with Crippen molar-refractivity contribution in [2.24, 2.45) is 29.8 Å². The molecule has 0 unspecified atom stereocenters. The molecule has 6 aromatic rings. The number of imidazole rings is 2. The predicted octanol–water partition coefficient (Wildman–Crippen LogP) is 4.72. The van der Waals surface area contributed by atoms with Gasteiger partial charge in [-0.1, -0.05) is 23.3 Å². The number of aryl methyl sites for hydroxylation is 6. The van der Waals surface area contributed by atoms with E-state index in [2.05, 4.69) is 20.2 Å². The Hall–Kier alpha value is -7.03. The van der Waals surface area contributed by atoms with Crippen LogP contribution in [-0.2, 0) is 45.1 Å². The molecule has 2 aromatic carbocycles. The predicted molar refractivity (Wildman–Crippen MR) is 229 cm³/mol. The number of alkyl halides is 3. The Morgan fingerprint density at radius 3 is 1.67 bits per heavy atom. The number of primary amides is 1. The molecule has 0 fully saturated rings. The van der Waals surface area contributed by atoms with E-state index < -0.39 is 35.5 Å². The number of ether oxygens (including phenoxy) is 1. The average Bonchev–Trinajstić information content (AvgIpc) is 3.95. The summed E-state index contributed by atoms with van der Waals surface area (Å²) < 4.78 is 48.7. The molecule has 21 heteroatoms. The molecule has 0 saturated carbocycles. The fourth-order valence-corrected chi connectivity index (χ4v) is 6.92. The van der Waals surface area contributed by atoms with Crippen LogP contribution < -0.4 is 21.7 Å². The number of nitrogens with zero attached hydrogens (tertiary/aromatic N) is 10. The van der Waals surface area contributed by atoms with Crippen LogP contribution in [0.2, 0.25) is 0 Å². The first kappa shape index (κ1) is 48.0. The van der Waals surface area contributed by atoms with Crippen molar-refractivity contribution >= 4 is 45.8 Å². The van der Waals surface area contributed by atoms with Gasteiger partial charge < -0.3 is 39.0 Å². The molecule has 0 spiro atoms. The van der Waals surface area contributed by atoms with Gasteiger partial charge in [0.1, 0.15) is 29.3 Å². The molecule has 0 aliphatic heterocycles. The largest absolute Gasteiger partial charge is 0.490 e. The zero-order chi connectivity index (χ0) is 47.6. The quantitative estimate of drug-likeness (QED) is 0.144. The number of hydrogen-bond donors (Lipinski definition) is 3. The highest BCUT2D eigenvalue weighted by Crippen LogP contribution is 2.29. The number of nitrogens with two attached hydrogens (primary N) is 1. The van der Waals surface area contributed by atoms with Crippen LogP contribution in [0.1, 0.15) is 84.3 Å². The van der Waals surface area contributed by atoms with Gasteiger partial charge in [0.25, 0.3) is 11.8 Å². The third kappa shape index (κ3) is 10.4. The number of allylic oxidation sites excluding steroid dienone is 2. The number of benzene rings is 2. The Morgan fingerprint density at radius 2 is 1.22 bits per heavy atom. The third-order valence-corrected chi connectivity index (χ3v) is 10.2. The number of carboxylic acid groups (broad SMARTS) is 1. The number of para-hydroxylation sites is 2. The van der Waals surface area contributed by atoms with E-state index in [9.17, 15) is 32.7 Å². The molecule has 64 heavy (non-hydrogen) atoms. The van der Waals surface area contributed by atoms with Gasteiger partial charge in [-0.15, -0.1) is 0 Å². The fourth-order valence-electron chi connectivity index (χ4n) is 6.92. The van der Waals surface area contributed by atoms with Crippen LogP contribution in [0.25, 0.3) is 22.1 Å². The molecular weight excluding hydrogens is 840 g/mol. The summed E-state index contributed by atoms with van der Waals surface area (Å²) in [7, 11) is 3.64. The van der Waals surface area contributed by atoms with E-state index >= 15 is 0 Å². The van der Waals surface area contributed by atoms with Gasteiger partial charge in [-0.25, -0.2) is 4.79 Å². The van der Waals surface area contributed by atoms with E-state index in [1.165, 1.54) is 0 Å². The van der Waals surface area contributed by atoms with Gasteiger partial charge in [0.2, 0.25) is 17.1 Å². The molecule has 0 atom stereocenters. The second-order valence-corrected chi connectivity index (χ2v) is 15.9. The van der Waals surface area contributed by atoms with Gasteiger partial charge in [0, 0.05) is 45.8 Å². The molecule has 0 bridgehead atoms. The number of halogens is 3. The fraction of sp³-hybridized carbons (Fsp3) is 0.395. The summed E-state index contributed by atoms with van der Waals surface area (Å²) in [5.74, 6) is -4.02. The van der Waals surface area contributed by atoms with Crippen molar-refractivity contribution < 1.29 is 47.3 Å². The number of carbonyl (C=O) groups is 4. The summed E-state index contributed by atoms with van der Waals surface area (Å²) in [6, 6.07) is 14.5. The van der Waals surface area contributed by atoms with Crippen molar-refractivity contribution in [3.63, 3.8) is 0 Å². The van der Waals surface area contributed by atoms with Crippen LogP contribution in [0.3, 0.4) is 0 Å². The highest BCUT2D eigenvalue weighted by molar-refractivity contribution is 5.99. The lowest BCUT2D eigenvalue weighted by atomic mass is 10.1. The van der Waals surface area contributed by atoms with E-state index in [-0.39, 0.29) is 24.5 Å². The van der Waals surface area contributed by atoms with Crippen LogP contribution in [0.15, 0.2) is 69.7 Å². The Labute approximate surface area is 365 Å². The number of carbonyl (C=O) groups excluding carboxylic acids is 3. The van der Waals surface area contributed by atoms with Gasteiger partial charge in [0.05, 0.1) is 33.5 Å². The number of fused-ring (bicyclic) bond motifs is 2. The molecule has 4 heterocycles. The summed E-state index contributed by atoms with van der Waals surface area (Å²) in [6.07, 6.45) is -5.08. The molecule has 6 rings (SSSR count). The zero-order valence-corrected chi connectivity index (χ0v) is 37.3. The number of rotatable bonds is 12. The van der Waals surface area contributed by atoms with Gasteiger partial charge >= 0.3 is 12.1 Å². The maximum Gasteiger partial charge on any atom is 0.490 e. The maximum atomic E-state index is 13.9. The van der Waals surface area contributed by atoms with Crippen molar-refractivity contribution in [1.29, 1.82) is 0 Å². The first-order chi connectivity index (χ1) is 29.9. The molecule has 0 aliphatic carbocycles. The van der Waals surface area contributed by atoms with Crippen LogP contribution in [0.4, 0.5) is 13.2 Å². The van der Waals surface area contributed by atoms with Crippen molar-refractivity contribution in [3.05, 3.63) is 99.3 Å². The van der Waals surface area contributed by atoms with Crippen molar-refractivity contribution in [1.82, 2.24) is 37.8 Å². The standard InChI is InChI=1S/C41H51N11O5.C2HF3O2/c1-11-51-32(17-26(5)45-51)37(54)43-39-47(9)29-15-13-14-16-30(29)49(39)21-24(3)25(4)22-50-35-31(19-28(36(42)53)20-34(35)57-23-41(7,8)56)48(10)40(50)44-38(55)33-18-27(6)46-52(33)12-2;3-2(4,5)1(6)7/h13-20,56H,11-12,21-23H2,1-10H3,(H2,42,53);(H,6,7)/b25-24+,43-39?,44-40?;. The Kier molecular flexibility index (Phi) is 14.1. The lowest BCUT2D eigenvalue weighted by Gasteiger charge is -2.19. The molecule has 4 N–H and O–H groups in total. The van der Waals surface area contributed by atoms with E-state index in [4.69, 9.17) is 20.4 Å². The van der Waals surface area contributed by atoms with E-state index in [0.717, 1.165) is 27.9 Å². The minimum atomic E-state index is -5.08. The van der Waals surface area contributed by atoms with E-state index in [1.807, 2.05) is 86.6 Å². The minimum absolute atomic E-state index is 0.0885. The third-order valence-electron chi connectivity index (χ3n) is 10.2. The normalized spacial score (nSPS) is 13.0. The Morgan fingerprint density at radius 1 is 0.766 bits per heavy atom. The maximum absolute atomic E-state index is 13.9. The first-order valence-electron chi connectivity index (χ1n) is 20.1. The topological polar surface area (TPSA) is 224 Å². The summed E-state index contributed by atoms with van der Waals surface area (Å²) in [5, 5.41) is 26.6. The van der Waals surface area contributed by atoms with E-state index in [1.54, 1.807) is 59.1 Å². The second kappa shape index (κ2) is 18.8. The number of aliphatic carboxylic acids is 1. The molecular formula is C43H52F3N11O7. The Balaban J connectivity index is 0.00000102. The van der Waals surface area contributed by atoms with Gasteiger partial charge in [-0.3, -0.25) is 23.7 Å². The first-order valence-corrected chi connectivity index (χ1v) is 20.1. The smallest absolute Gasteiger partial charge is 0.488 e. The lowest BCUT2D eigenvalue weighted by molar-refractivity contribution is -0.192. The Bertz CT molecular complexity index is 2970. The highest BCUT2D eigenvalue weighted by Gasteiger charge is 2.38. The van der Waals surface area contributed by atoms with E-state index in [0.29, 0.717) is 59.0 Å². The van der Waals surface area contributed by atoms with Crippen molar-refractivity contribution in [2.75, 3.05) is 6.61 Å².